The summed E-state index contributed by atoms with van der Waals surface area (Å²) in [5.74, 6) is 0.836. The molecule has 0 aliphatic carbocycles. The van der Waals surface area contributed by atoms with E-state index in [1.54, 1.807) is 18.3 Å². The monoisotopic (exact) mass is 396 g/mol. The van der Waals surface area contributed by atoms with Gasteiger partial charge in [-0.3, -0.25) is 0 Å². The Labute approximate surface area is 158 Å². The van der Waals surface area contributed by atoms with E-state index in [1.165, 1.54) is 0 Å². The number of thiazole rings is 1. The van der Waals surface area contributed by atoms with E-state index < -0.39 is 10.0 Å². The number of sulfonamides is 1. The van der Waals surface area contributed by atoms with Gasteiger partial charge in [0, 0.05) is 24.8 Å². The number of rotatable bonds is 7. The van der Waals surface area contributed by atoms with Crippen LogP contribution in [0.1, 0.15) is 18.4 Å². The first-order chi connectivity index (χ1) is 12.5. The van der Waals surface area contributed by atoms with Gasteiger partial charge in [0.15, 0.2) is 0 Å². The maximum absolute atomic E-state index is 11.9. The van der Waals surface area contributed by atoms with E-state index in [2.05, 4.69) is 9.71 Å². The van der Waals surface area contributed by atoms with Gasteiger partial charge in [0.2, 0.25) is 10.0 Å². The maximum Gasteiger partial charge on any atom is 0.211 e. The summed E-state index contributed by atoms with van der Waals surface area (Å²) in [7, 11) is -3.24. The van der Waals surface area contributed by atoms with Gasteiger partial charge in [-0.2, -0.15) is 0 Å². The lowest BCUT2D eigenvalue weighted by molar-refractivity contribution is 0.0186. The Kier molecular flexibility index (Phi) is 6.29. The van der Waals surface area contributed by atoms with Crippen LogP contribution in [0.5, 0.6) is 5.75 Å². The average Bonchev–Trinajstić information content (AvgIpc) is 3.07. The molecule has 0 radical (unpaired) electrons. The molecule has 142 valence electrons. The molecular weight excluding hydrogens is 372 g/mol. The molecule has 1 aromatic carbocycles. The maximum atomic E-state index is 11.9. The summed E-state index contributed by atoms with van der Waals surface area (Å²) < 4.78 is 37.9. The van der Waals surface area contributed by atoms with Crippen LogP contribution in [0.3, 0.4) is 0 Å². The number of hydrogen-bond acceptors (Lipinski definition) is 6. The van der Waals surface area contributed by atoms with Crippen molar-refractivity contribution >= 4 is 21.4 Å². The van der Waals surface area contributed by atoms with Gasteiger partial charge in [-0.1, -0.05) is 0 Å². The summed E-state index contributed by atoms with van der Waals surface area (Å²) >= 11 is 1.66. The van der Waals surface area contributed by atoms with Gasteiger partial charge in [0.1, 0.15) is 5.75 Å². The Morgan fingerprint density at radius 3 is 2.77 bits per heavy atom. The minimum atomic E-state index is -3.24. The van der Waals surface area contributed by atoms with Crippen LogP contribution in [0.15, 0.2) is 30.5 Å². The van der Waals surface area contributed by atoms with Crippen LogP contribution in [-0.2, 0) is 14.8 Å². The molecule has 1 fully saturated rings. The van der Waals surface area contributed by atoms with E-state index in [0.717, 1.165) is 21.2 Å². The minimum Gasteiger partial charge on any atom is -0.493 e. The zero-order valence-electron chi connectivity index (χ0n) is 15.0. The van der Waals surface area contributed by atoms with Crippen LogP contribution >= 0.6 is 11.3 Å². The molecule has 1 aromatic heterocycles. The number of aryl methyl sites for hydroxylation is 1. The molecule has 0 amide bonds. The zero-order chi connectivity index (χ0) is 18.6. The third-order valence-corrected chi connectivity index (χ3v) is 6.79. The summed E-state index contributed by atoms with van der Waals surface area (Å²) in [6, 6.07) is 7.74. The van der Waals surface area contributed by atoms with E-state index >= 15 is 0 Å². The quantitative estimate of drug-likeness (QED) is 0.779. The standard InChI is InChI=1S/C18H24N2O4S2/c1-3-26(21,22)20-17-8-9-23-11-15(17)12-24-16-6-4-14(5-7-16)18-10-19-13(2)25-18/h4-7,10,15,17,20H,3,8-9,11-12H2,1-2H3/t15-,17+/m1/s1. The molecule has 26 heavy (non-hydrogen) atoms. The highest BCUT2D eigenvalue weighted by atomic mass is 32.2. The highest BCUT2D eigenvalue weighted by Gasteiger charge is 2.29. The van der Waals surface area contributed by atoms with Crippen molar-refractivity contribution in [3.8, 4) is 16.2 Å². The number of nitrogens with zero attached hydrogens (tertiary/aromatic N) is 1. The lowest BCUT2D eigenvalue weighted by Crippen LogP contribution is -2.47. The van der Waals surface area contributed by atoms with Gasteiger partial charge in [-0.05, 0) is 50.1 Å². The summed E-state index contributed by atoms with van der Waals surface area (Å²) in [4.78, 5) is 5.40. The van der Waals surface area contributed by atoms with Crippen LogP contribution in [-0.4, -0.2) is 45.0 Å². The third kappa shape index (κ3) is 5.03. The van der Waals surface area contributed by atoms with E-state index in [-0.39, 0.29) is 17.7 Å². The Morgan fingerprint density at radius 2 is 2.12 bits per heavy atom. The molecule has 1 aliphatic rings. The Balaban J connectivity index is 1.60. The van der Waals surface area contributed by atoms with Gasteiger partial charge in [0.05, 0.1) is 28.9 Å². The summed E-state index contributed by atoms with van der Waals surface area (Å²) in [6.07, 6.45) is 2.54. The van der Waals surface area contributed by atoms with Crippen molar-refractivity contribution in [2.24, 2.45) is 5.92 Å². The van der Waals surface area contributed by atoms with Crippen LogP contribution in [0.4, 0.5) is 0 Å². The number of aromatic nitrogens is 1. The molecule has 2 aromatic rings. The van der Waals surface area contributed by atoms with Crippen molar-refractivity contribution in [1.82, 2.24) is 9.71 Å². The Morgan fingerprint density at radius 1 is 1.35 bits per heavy atom. The van der Waals surface area contributed by atoms with E-state index in [9.17, 15) is 8.42 Å². The van der Waals surface area contributed by atoms with Crippen LogP contribution in [0.25, 0.3) is 10.4 Å². The average molecular weight is 397 g/mol. The predicted octanol–water partition coefficient (Wildman–Crippen LogP) is 2.84. The number of nitrogens with one attached hydrogen (secondary N) is 1. The first-order valence-electron chi connectivity index (χ1n) is 8.70. The summed E-state index contributed by atoms with van der Waals surface area (Å²) in [5.41, 5.74) is 1.11. The smallest absolute Gasteiger partial charge is 0.211 e. The normalized spacial score (nSPS) is 20.8. The van der Waals surface area contributed by atoms with Crippen LogP contribution in [0.2, 0.25) is 0 Å². The van der Waals surface area contributed by atoms with E-state index in [0.29, 0.717) is 26.2 Å². The fourth-order valence-electron chi connectivity index (χ4n) is 2.84. The second-order valence-corrected chi connectivity index (χ2v) is 9.61. The number of benzene rings is 1. The van der Waals surface area contributed by atoms with Gasteiger partial charge in [0.25, 0.3) is 0 Å². The first-order valence-corrected chi connectivity index (χ1v) is 11.2. The van der Waals surface area contributed by atoms with E-state index in [1.807, 2.05) is 37.4 Å². The summed E-state index contributed by atoms with van der Waals surface area (Å²) in [5, 5.41) is 1.04. The van der Waals surface area contributed by atoms with Gasteiger partial charge >= 0.3 is 0 Å². The topological polar surface area (TPSA) is 77.5 Å². The van der Waals surface area contributed by atoms with Crippen LogP contribution in [0, 0.1) is 12.8 Å². The fraction of sp³-hybridized carbons (Fsp3) is 0.500. The molecule has 0 spiro atoms. The summed E-state index contributed by atoms with van der Waals surface area (Å²) in [6.45, 7) is 5.10. The third-order valence-electron chi connectivity index (χ3n) is 4.41. The fourth-order valence-corrected chi connectivity index (χ4v) is 4.57. The molecule has 3 rings (SSSR count). The molecule has 2 heterocycles. The zero-order valence-corrected chi connectivity index (χ0v) is 16.6. The molecule has 8 heteroatoms. The Bertz CT molecular complexity index is 818. The molecule has 1 aliphatic heterocycles. The van der Waals surface area contributed by atoms with Gasteiger partial charge < -0.3 is 9.47 Å². The van der Waals surface area contributed by atoms with Crippen molar-refractivity contribution in [2.75, 3.05) is 25.6 Å². The van der Waals surface area contributed by atoms with Crippen molar-refractivity contribution < 1.29 is 17.9 Å². The molecule has 2 atom stereocenters. The highest BCUT2D eigenvalue weighted by Crippen LogP contribution is 2.27. The Hall–Kier alpha value is -1.48. The molecule has 1 N–H and O–H groups in total. The van der Waals surface area contributed by atoms with Gasteiger partial charge in [-0.25, -0.2) is 18.1 Å². The number of hydrogen-bond donors (Lipinski definition) is 1. The van der Waals surface area contributed by atoms with Crippen molar-refractivity contribution in [3.63, 3.8) is 0 Å². The first kappa shape index (κ1) is 19.3. The largest absolute Gasteiger partial charge is 0.493 e. The van der Waals surface area contributed by atoms with Gasteiger partial charge in [-0.15, -0.1) is 11.3 Å². The molecule has 1 saturated heterocycles. The molecular formula is C18H24N2O4S2. The minimum absolute atomic E-state index is 0.00565. The van der Waals surface area contributed by atoms with Crippen molar-refractivity contribution in [2.45, 2.75) is 26.3 Å². The second-order valence-electron chi connectivity index (χ2n) is 6.33. The predicted molar refractivity (Wildman–Crippen MR) is 103 cm³/mol. The van der Waals surface area contributed by atoms with Crippen molar-refractivity contribution in [3.05, 3.63) is 35.5 Å². The molecule has 0 bridgehead atoms. The molecule has 0 saturated carbocycles. The van der Waals surface area contributed by atoms with Crippen molar-refractivity contribution in [1.29, 1.82) is 0 Å². The molecule has 0 unspecified atom stereocenters. The van der Waals surface area contributed by atoms with E-state index in [4.69, 9.17) is 9.47 Å². The number of ether oxygens (including phenoxy) is 2. The highest BCUT2D eigenvalue weighted by molar-refractivity contribution is 7.89. The molecule has 6 nitrogen and oxygen atoms in total. The lowest BCUT2D eigenvalue weighted by atomic mass is 9.98. The SMILES string of the molecule is CCS(=O)(=O)N[C@H]1CCOC[C@@H]1COc1ccc(-c2cnc(C)s2)cc1. The lowest BCUT2D eigenvalue weighted by Gasteiger charge is -2.31. The van der Waals surface area contributed by atoms with Crippen LogP contribution < -0.4 is 9.46 Å². The second kappa shape index (κ2) is 8.47.